The predicted octanol–water partition coefficient (Wildman–Crippen LogP) is 4.27. The van der Waals surface area contributed by atoms with Gasteiger partial charge in [0, 0.05) is 37.1 Å². The Morgan fingerprint density at radius 3 is 2.96 bits per heavy atom. The van der Waals surface area contributed by atoms with Crippen molar-refractivity contribution in [1.82, 2.24) is 4.98 Å². The smallest absolute Gasteiger partial charge is 0.227 e. The van der Waals surface area contributed by atoms with Gasteiger partial charge in [-0.25, -0.2) is 0 Å². The van der Waals surface area contributed by atoms with Crippen LogP contribution in [0.15, 0.2) is 30.6 Å². The van der Waals surface area contributed by atoms with Gasteiger partial charge in [-0.3, -0.25) is 9.78 Å². The summed E-state index contributed by atoms with van der Waals surface area (Å²) in [4.78, 5) is 18.0. The van der Waals surface area contributed by atoms with Gasteiger partial charge in [0.15, 0.2) is 0 Å². The van der Waals surface area contributed by atoms with E-state index >= 15 is 0 Å². The number of carbonyl (C=O) groups is 1. The van der Waals surface area contributed by atoms with E-state index in [1.54, 1.807) is 4.90 Å². The van der Waals surface area contributed by atoms with Crippen LogP contribution in [-0.4, -0.2) is 17.9 Å². The maximum atomic E-state index is 11.8. The van der Waals surface area contributed by atoms with E-state index in [0.29, 0.717) is 6.42 Å². The van der Waals surface area contributed by atoms with Gasteiger partial charge in [-0.1, -0.05) is 6.07 Å². The topological polar surface area (TPSA) is 33.2 Å². The molecule has 0 saturated carbocycles. The van der Waals surface area contributed by atoms with Crippen molar-refractivity contribution in [1.29, 1.82) is 0 Å². The minimum atomic E-state index is 0.0765. The molecular formula is C19H19ClN2O. The van der Waals surface area contributed by atoms with Crippen LogP contribution < -0.4 is 4.90 Å². The second-order valence-electron chi connectivity index (χ2n) is 6.41. The van der Waals surface area contributed by atoms with Crippen LogP contribution in [0.3, 0.4) is 0 Å². The molecular weight excluding hydrogens is 308 g/mol. The maximum absolute atomic E-state index is 11.8. The van der Waals surface area contributed by atoms with E-state index in [0.717, 1.165) is 31.4 Å². The minimum Gasteiger partial charge on any atom is -0.315 e. The molecule has 1 atom stereocenters. The van der Waals surface area contributed by atoms with Crippen LogP contribution in [0.4, 0.5) is 5.69 Å². The number of halogens is 1. The Labute approximate surface area is 141 Å². The third-order valence-electron chi connectivity index (χ3n) is 5.05. The minimum absolute atomic E-state index is 0.0765. The van der Waals surface area contributed by atoms with E-state index in [-0.39, 0.29) is 11.3 Å². The number of rotatable bonds is 1. The summed E-state index contributed by atoms with van der Waals surface area (Å²) in [5, 5.41) is 0.0765. The van der Waals surface area contributed by atoms with E-state index in [1.807, 2.05) is 19.4 Å². The average molecular weight is 327 g/mol. The van der Waals surface area contributed by atoms with Crippen molar-refractivity contribution in [2.24, 2.45) is 0 Å². The van der Waals surface area contributed by atoms with Crippen LogP contribution in [-0.2, 0) is 17.6 Å². The summed E-state index contributed by atoms with van der Waals surface area (Å²) in [6.45, 7) is 0. The molecule has 3 nitrogen and oxygen atoms in total. The monoisotopic (exact) mass is 326 g/mol. The molecule has 1 aliphatic carbocycles. The van der Waals surface area contributed by atoms with Gasteiger partial charge in [-0.2, -0.15) is 0 Å². The SMILES string of the molecule is CN1C(=O)CCc2cc(-c3cncc4c3CCC[C@H]4Cl)ccc21. The first-order valence-corrected chi connectivity index (χ1v) is 8.59. The van der Waals surface area contributed by atoms with Crippen LogP contribution >= 0.6 is 11.6 Å². The molecule has 0 saturated heterocycles. The Bertz CT molecular complexity index is 787. The lowest BCUT2D eigenvalue weighted by Crippen LogP contribution is -2.31. The highest BCUT2D eigenvalue weighted by atomic mass is 35.5. The molecule has 2 aromatic rings. The van der Waals surface area contributed by atoms with E-state index in [9.17, 15) is 4.79 Å². The molecule has 4 heteroatoms. The molecule has 23 heavy (non-hydrogen) atoms. The van der Waals surface area contributed by atoms with Gasteiger partial charge >= 0.3 is 0 Å². The number of anilines is 1. The van der Waals surface area contributed by atoms with Gasteiger partial charge in [0.25, 0.3) is 0 Å². The summed E-state index contributed by atoms with van der Waals surface area (Å²) in [6, 6.07) is 6.37. The molecule has 0 N–H and O–H groups in total. The molecule has 0 spiro atoms. The lowest BCUT2D eigenvalue weighted by molar-refractivity contribution is -0.118. The molecule has 1 aromatic carbocycles. The van der Waals surface area contributed by atoms with Crippen molar-refractivity contribution >= 4 is 23.2 Å². The highest BCUT2D eigenvalue weighted by molar-refractivity contribution is 6.21. The average Bonchev–Trinajstić information content (AvgIpc) is 2.58. The highest BCUT2D eigenvalue weighted by Gasteiger charge is 2.24. The van der Waals surface area contributed by atoms with Gasteiger partial charge in [0.2, 0.25) is 5.91 Å². The number of aryl methyl sites for hydroxylation is 1. The first kappa shape index (κ1) is 14.7. The number of nitrogens with zero attached hydrogens (tertiary/aromatic N) is 2. The molecule has 1 amide bonds. The number of alkyl halides is 1. The molecule has 118 valence electrons. The van der Waals surface area contributed by atoms with Crippen LogP contribution in [0, 0.1) is 0 Å². The van der Waals surface area contributed by atoms with Crippen molar-refractivity contribution in [3.05, 3.63) is 47.3 Å². The van der Waals surface area contributed by atoms with Crippen LogP contribution in [0.5, 0.6) is 0 Å². The third-order valence-corrected chi connectivity index (χ3v) is 5.50. The fourth-order valence-electron chi connectivity index (χ4n) is 3.74. The van der Waals surface area contributed by atoms with Gasteiger partial charge < -0.3 is 4.90 Å². The zero-order chi connectivity index (χ0) is 16.0. The first-order chi connectivity index (χ1) is 11.1. The second kappa shape index (κ2) is 5.64. The zero-order valence-corrected chi connectivity index (χ0v) is 13.9. The van der Waals surface area contributed by atoms with E-state index in [4.69, 9.17) is 11.6 Å². The molecule has 0 radical (unpaired) electrons. The molecule has 0 unspecified atom stereocenters. The Hall–Kier alpha value is -1.87. The van der Waals surface area contributed by atoms with Gasteiger partial charge in [0.05, 0.1) is 5.38 Å². The van der Waals surface area contributed by atoms with Crippen LogP contribution in [0.1, 0.15) is 41.3 Å². The predicted molar refractivity (Wildman–Crippen MR) is 92.9 cm³/mol. The number of benzene rings is 1. The number of pyridine rings is 1. The summed E-state index contributed by atoms with van der Waals surface area (Å²) in [5.41, 5.74) is 7.15. The lowest BCUT2D eigenvalue weighted by atomic mass is 9.86. The Morgan fingerprint density at radius 1 is 1.22 bits per heavy atom. The highest BCUT2D eigenvalue weighted by Crippen LogP contribution is 2.40. The molecule has 2 aliphatic rings. The molecule has 2 heterocycles. The maximum Gasteiger partial charge on any atom is 0.227 e. The summed E-state index contributed by atoms with van der Waals surface area (Å²) >= 11 is 6.47. The van der Waals surface area contributed by atoms with Crippen molar-refractivity contribution in [2.45, 2.75) is 37.5 Å². The van der Waals surface area contributed by atoms with E-state index in [1.165, 1.54) is 27.8 Å². The van der Waals surface area contributed by atoms with Crippen molar-refractivity contribution < 1.29 is 4.79 Å². The van der Waals surface area contributed by atoms with Gasteiger partial charge in [-0.05, 0) is 60.1 Å². The number of fused-ring (bicyclic) bond motifs is 2. The second-order valence-corrected chi connectivity index (χ2v) is 6.94. The number of hydrogen-bond donors (Lipinski definition) is 0. The van der Waals surface area contributed by atoms with Crippen molar-refractivity contribution in [3.8, 4) is 11.1 Å². The number of amides is 1. The molecule has 0 fully saturated rings. The molecule has 1 aliphatic heterocycles. The lowest BCUT2D eigenvalue weighted by Gasteiger charge is -2.27. The van der Waals surface area contributed by atoms with E-state index < -0.39 is 0 Å². The quantitative estimate of drug-likeness (QED) is 0.733. The fraction of sp³-hybridized carbons (Fsp3) is 0.368. The number of hydrogen-bond acceptors (Lipinski definition) is 2. The summed E-state index contributed by atoms with van der Waals surface area (Å²) in [5.74, 6) is 0.189. The summed E-state index contributed by atoms with van der Waals surface area (Å²) < 4.78 is 0. The number of carbonyl (C=O) groups excluding carboxylic acids is 1. The Morgan fingerprint density at radius 2 is 2.09 bits per heavy atom. The largest absolute Gasteiger partial charge is 0.315 e. The fourth-order valence-corrected chi connectivity index (χ4v) is 4.08. The molecule has 1 aromatic heterocycles. The summed E-state index contributed by atoms with van der Waals surface area (Å²) in [7, 11) is 1.85. The van der Waals surface area contributed by atoms with Crippen LogP contribution in [0.25, 0.3) is 11.1 Å². The standard InChI is InChI=1S/C19H19ClN2O/c1-22-18-7-5-12(9-13(18)6-8-19(22)23)15-10-21-11-16-14(15)3-2-4-17(16)20/h5,7,9-11,17H,2-4,6,8H2,1H3/t17-/m1/s1. The van der Waals surface area contributed by atoms with Crippen molar-refractivity contribution in [2.75, 3.05) is 11.9 Å². The zero-order valence-electron chi connectivity index (χ0n) is 13.2. The Balaban J connectivity index is 1.81. The van der Waals surface area contributed by atoms with Gasteiger partial charge in [-0.15, -0.1) is 11.6 Å². The Kier molecular flexibility index (Phi) is 3.61. The van der Waals surface area contributed by atoms with Crippen LogP contribution in [0.2, 0.25) is 0 Å². The number of aromatic nitrogens is 1. The van der Waals surface area contributed by atoms with Gasteiger partial charge in [0.1, 0.15) is 0 Å². The molecule has 4 rings (SSSR count). The summed E-state index contributed by atoms with van der Waals surface area (Å²) in [6.07, 6.45) is 8.48. The first-order valence-electron chi connectivity index (χ1n) is 8.16. The molecule has 0 bridgehead atoms. The normalized spacial score (nSPS) is 20.2. The third kappa shape index (κ3) is 2.43. The van der Waals surface area contributed by atoms with Crippen molar-refractivity contribution in [3.63, 3.8) is 0 Å². The van der Waals surface area contributed by atoms with E-state index in [2.05, 4.69) is 23.2 Å².